The molecule has 0 spiro atoms. The van der Waals surface area contributed by atoms with Gasteiger partial charge in [-0.2, -0.15) is 0 Å². The van der Waals surface area contributed by atoms with Gasteiger partial charge in [0.15, 0.2) is 17.6 Å². The second-order valence-corrected chi connectivity index (χ2v) is 7.23. The summed E-state index contributed by atoms with van der Waals surface area (Å²) in [6, 6.07) is 21.1. The Morgan fingerprint density at radius 2 is 1.75 bits per heavy atom. The number of hydrogen-bond acceptors (Lipinski definition) is 6. The molecule has 0 aromatic heterocycles. The first kappa shape index (κ1) is 23.0. The van der Waals surface area contributed by atoms with E-state index in [9.17, 15) is 15.0 Å². The smallest absolute Gasteiger partial charge is 0.412 e. The van der Waals surface area contributed by atoms with Crippen LogP contribution in [0.4, 0.5) is 10.5 Å². The van der Waals surface area contributed by atoms with Crippen LogP contribution in [0.5, 0.6) is 17.2 Å². The number of phenols is 1. The third-order valence-corrected chi connectivity index (χ3v) is 4.85. The highest BCUT2D eigenvalue weighted by Gasteiger charge is 2.30. The van der Waals surface area contributed by atoms with Gasteiger partial charge < -0.3 is 24.4 Å². The molecule has 0 aliphatic rings. The van der Waals surface area contributed by atoms with E-state index in [1.165, 1.54) is 13.2 Å². The number of para-hydroxylation sites is 1. The van der Waals surface area contributed by atoms with Crippen molar-refractivity contribution in [2.45, 2.75) is 25.6 Å². The van der Waals surface area contributed by atoms with Crippen LogP contribution in [0.15, 0.2) is 72.8 Å². The van der Waals surface area contributed by atoms with Crippen LogP contribution < -0.4 is 14.8 Å². The minimum absolute atomic E-state index is 0.0972. The van der Waals surface area contributed by atoms with Gasteiger partial charge in [-0.15, -0.1) is 0 Å². The Kier molecular flexibility index (Phi) is 7.94. The molecule has 0 unspecified atom stereocenters. The Balaban J connectivity index is 1.88. The highest BCUT2D eigenvalue weighted by Crippen LogP contribution is 2.34. The van der Waals surface area contributed by atoms with Gasteiger partial charge in [0.1, 0.15) is 11.9 Å². The lowest BCUT2D eigenvalue weighted by atomic mass is 10.0. The van der Waals surface area contributed by atoms with E-state index in [1.807, 2.05) is 37.3 Å². The molecule has 0 radical (unpaired) electrons. The Hall–Kier alpha value is -3.71. The molecule has 0 fully saturated rings. The molecule has 0 aliphatic heterocycles. The predicted molar refractivity (Wildman–Crippen MR) is 121 cm³/mol. The Morgan fingerprint density at radius 1 is 1.03 bits per heavy atom. The van der Waals surface area contributed by atoms with Gasteiger partial charge >= 0.3 is 6.09 Å². The normalized spacial score (nSPS) is 12.5. The number of aromatic hydroxyl groups is 1. The van der Waals surface area contributed by atoms with Crippen molar-refractivity contribution in [3.8, 4) is 17.2 Å². The summed E-state index contributed by atoms with van der Waals surface area (Å²) in [6.07, 6.45) is -2.11. The molecule has 168 valence electrons. The highest BCUT2D eigenvalue weighted by atomic mass is 16.6. The van der Waals surface area contributed by atoms with Gasteiger partial charge in [0.25, 0.3) is 0 Å². The number of nitrogens with one attached hydrogen (secondary N) is 1. The minimum atomic E-state index is -0.912. The largest absolute Gasteiger partial charge is 0.504 e. The van der Waals surface area contributed by atoms with E-state index in [0.717, 1.165) is 5.56 Å². The molecular weight excluding hydrogens is 410 g/mol. The Bertz CT molecular complexity index is 1010. The average Bonchev–Trinajstić information content (AvgIpc) is 2.79. The van der Waals surface area contributed by atoms with Crippen molar-refractivity contribution in [3.05, 3.63) is 83.9 Å². The van der Waals surface area contributed by atoms with E-state index in [0.29, 0.717) is 22.7 Å². The molecular formula is C25H27NO6. The van der Waals surface area contributed by atoms with Crippen molar-refractivity contribution in [2.75, 3.05) is 19.0 Å². The molecule has 0 saturated carbocycles. The maximum absolute atomic E-state index is 12.7. The van der Waals surface area contributed by atoms with Crippen molar-refractivity contribution in [3.63, 3.8) is 0 Å². The summed E-state index contributed by atoms with van der Waals surface area (Å²) in [5, 5.41) is 22.6. The number of aliphatic hydroxyl groups is 1. The van der Waals surface area contributed by atoms with E-state index in [2.05, 4.69) is 5.32 Å². The highest BCUT2D eigenvalue weighted by molar-refractivity contribution is 5.84. The molecule has 0 aliphatic carbocycles. The number of phenolic OH excluding ortho intramolecular Hbond substituents is 1. The summed E-state index contributed by atoms with van der Waals surface area (Å²) in [5.41, 5.74) is 2.14. The number of aliphatic hydroxyl groups excluding tert-OH is 1. The first-order chi connectivity index (χ1) is 15.5. The molecule has 7 nitrogen and oxygen atoms in total. The number of hydrogen-bond donors (Lipinski definition) is 3. The molecule has 32 heavy (non-hydrogen) atoms. The molecule has 0 saturated heterocycles. The summed E-state index contributed by atoms with van der Waals surface area (Å²) >= 11 is 0. The average molecular weight is 437 g/mol. The maximum atomic E-state index is 12.7. The first-order valence-electron chi connectivity index (χ1n) is 10.2. The third-order valence-electron chi connectivity index (χ3n) is 4.85. The quantitative estimate of drug-likeness (QED) is 0.444. The molecule has 2 atom stereocenters. The SMILES string of the molecule is COc1ccc([C@H](OC(=O)Nc2ccc(C)cc2)[C@H](CCO)Oc2ccccc2)cc1O. The number of methoxy groups -OCH3 is 1. The van der Waals surface area contributed by atoms with E-state index >= 15 is 0 Å². The lowest BCUT2D eigenvalue weighted by Crippen LogP contribution is -2.31. The fraction of sp³-hybridized carbons (Fsp3) is 0.240. The zero-order chi connectivity index (χ0) is 22.9. The lowest BCUT2D eigenvalue weighted by molar-refractivity contribution is 0.00897. The molecule has 7 heteroatoms. The van der Waals surface area contributed by atoms with Crippen LogP contribution in [0.25, 0.3) is 0 Å². The second-order valence-electron chi connectivity index (χ2n) is 7.23. The van der Waals surface area contributed by atoms with Crippen LogP contribution >= 0.6 is 0 Å². The van der Waals surface area contributed by atoms with Gasteiger partial charge in [-0.1, -0.05) is 42.0 Å². The summed E-state index contributed by atoms with van der Waals surface area (Å²) in [7, 11) is 1.45. The first-order valence-corrected chi connectivity index (χ1v) is 10.2. The second kappa shape index (κ2) is 11.1. The molecule has 3 N–H and O–H groups in total. The van der Waals surface area contributed by atoms with Crippen LogP contribution in [0.3, 0.4) is 0 Å². The number of carbonyl (C=O) groups is 1. The van der Waals surface area contributed by atoms with Gasteiger partial charge in [0.2, 0.25) is 0 Å². The van der Waals surface area contributed by atoms with Crippen LogP contribution in [0.2, 0.25) is 0 Å². The number of amides is 1. The van der Waals surface area contributed by atoms with Gasteiger partial charge in [-0.25, -0.2) is 4.79 Å². The van der Waals surface area contributed by atoms with E-state index in [1.54, 1.807) is 36.4 Å². The maximum Gasteiger partial charge on any atom is 0.412 e. The summed E-state index contributed by atoms with van der Waals surface area (Å²) in [5.74, 6) is 0.760. The summed E-state index contributed by atoms with van der Waals surface area (Å²) < 4.78 is 16.9. The topological polar surface area (TPSA) is 97.3 Å². The fourth-order valence-corrected chi connectivity index (χ4v) is 3.22. The van der Waals surface area contributed by atoms with Crippen LogP contribution in [-0.4, -0.2) is 36.1 Å². The molecule has 3 aromatic carbocycles. The van der Waals surface area contributed by atoms with Crippen molar-refractivity contribution < 1.29 is 29.2 Å². The van der Waals surface area contributed by atoms with Crippen molar-refractivity contribution in [2.24, 2.45) is 0 Å². The zero-order valence-corrected chi connectivity index (χ0v) is 18.0. The molecule has 3 rings (SSSR count). The standard InChI is InChI=1S/C25H27NO6/c1-17-8-11-19(12-9-17)26-25(29)32-24(18-10-13-22(30-2)21(28)16-18)23(14-15-27)31-20-6-4-3-5-7-20/h3-13,16,23-24,27-28H,14-15H2,1-2H3,(H,26,29)/t23-,24-/m0/s1. The Morgan fingerprint density at radius 3 is 2.38 bits per heavy atom. The third kappa shape index (κ3) is 6.15. The van der Waals surface area contributed by atoms with Crippen molar-refractivity contribution in [1.82, 2.24) is 0 Å². The summed E-state index contributed by atoms with van der Waals surface area (Å²) in [6.45, 7) is 1.77. The van der Waals surface area contributed by atoms with Gasteiger partial charge in [0, 0.05) is 24.3 Å². The van der Waals surface area contributed by atoms with Crippen LogP contribution in [0, 0.1) is 6.92 Å². The lowest BCUT2D eigenvalue weighted by Gasteiger charge is -2.28. The monoisotopic (exact) mass is 437 g/mol. The van der Waals surface area contributed by atoms with Crippen LogP contribution in [-0.2, 0) is 4.74 Å². The molecule has 3 aromatic rings. The number of ether oxygens (including phenoxy) is 3. The number of rotatable bonds is 9. The predicted octanol–water partition coefficient (Wildman–Crippen LogP) is 4.83. The van der Waals surface area contributed by atoms with Gasteiger partial charge in [0.05, 0.1) is 7.11 Å². The fourth-order valence-electron chi connectivity index (χ4n) is 3.22. The van der Waals surface area contributed by atoms with Crippen LogP contribution in [0.1, 0.15) is 23.7 Å². The number of carbonyl (C=O) groups excluding carboxylic acids is 1. The number of aryl methyl sites for hydroxylation is 1. The van der Waals surface area contributed by atoms with E-state index in [4.69, 9.17) is 14.2 Å². The van der Waals surface area contributed by atoms with E-state index in [-0.39, 0.29) is 18.8 Å². The van der Waals surface area contributed by atoms with Crippen molar-refractivity contribution >= 4 is 11.8 Å². The van der Waals surface area contributed by atoms with E-state index < -0.39 is 18.3 Å². The Labute approximate surface area is 187 Å². The minimum Gasteiger partial charge on any atom is -0.504 e. The number of benzene rings is 3. The van der Waals surface area contributed by atoms with Crippen molar-refractivity contribution in [1.29, 1.82) is 0 Å². The van der Waals surface area contributed by atoms with Gasteiger partial charge in [-0.05, 0) is 43.3 Å². The summed E-state index contributed by atoms with van der Waals surface area (Å²) in [4.78, 5) is 12.7. The number of anilines is 1. The zero-order valence-electron chi connectivity index (χ0n) is 18.0. The molecule has 0 heterocycles. The molecule has 0 bridgehead atoms. The molecule has 1 amide bonds. The van der Waals surface area contributed by atoms with Gasteiger partial charge in [-0.3, -0.25) is 5.32 Å².